The summed E-state index contributed by atoms with van der Waals surface area (Å²) in [7, 11) is 5.37. The molecule has 0 aromatic heterocycles. The molecule has 26 heavy (non-hydrogen) atoms. The summed E-state index contributed by atoms with van der Waals surface area (Å²) < 4.78 is 0. The Labute approximate surface area is 156 Å². The highest BCUT2D eigenvalue weighted by Gasteiger charge is 2.41. The van der Waals surface area contributed by atoms with Crippen molar-refractivity contribution in [2.24, 2.45) is 5.73 Å². The van der Waals surface area contributed by atoms with Crippen LogP contribution in [0.3, 0.4) is 0 Å². The summed E-state index contributed by atoms with van der Waals surface area (Å²) in [6.07, 6.45) is 4.76. The number of carbonyl (C=O) groups excluding carboxylic acids is 2. The number of likely N-dealkylation sites (N-methyl/N-ethyl adjacent to an activating group) is 2. The van der Waals surface area contributed by atoms with Gasteiger partial charge in [0.2, 0.25) is 11.8 Å². The first-order valence-electron chi connectivity index (χ1n) is 8.55. The SMILES string of the molecule is C=C(C)/C(N)=C\N(C)C1(C)C(=C)C=C(NC(=O)CCCC(=O)NC)N1C. The van der Waals surface area contributed by atoms with E-state index in [4.69, 9.17) is 5.73 Å². The van der Waals surface area contributed by atoms with E-state index in [-0.39, 0.29) is 18.2 Å². The van der Waals surface area contributed by atoms with Gasteiger partial charge < -0.3 is 26.2 Å². The third kappa shape index (κ3) is 4.68. The number of rotatable bonds is 8. The second-order valence-corrected chi connectivity index (χ2v) is 6.69. The predicted octanol–water partition coefficient (Wildman–Crippen LogP) is 1.39. The van der Waals surface area contributed by atoms with Crippen molar-refractivity contribution in [2.45, 2.75) is 38.8 Å². The molecule has 0 spiro atoms. The molecular formula is C19H31N5O2. The van der Waals surface area contributed by atoms with Gasteiger partial charge in [0.25, 0.3) is 0 Å². The van der Waals surface area contributed by atoms with Gasteiger partial charge in [-0.05, 0) is 37.5 Å². The van der Waals surface area contributed by atoms with Gasteiger partial charge in [0, 0.05) is 45.9 Å². The Kier molecular flexibility index (Phi) is 7.06. The van der Waals surface area contributed by atoms with Crippen molar-refractivity contribution in [2.75, 3.05) is 21.1 Å². The Hall–Kier alpha value is -2.70. The lowest BCUT2D eigenvalue weighted by atomic mass is 10.0. The Balaban J connectivity index is 2.77. The Morgan fingerprint density at radius 1 is 1.38 bits per heavy atom. The molecule has 2 amide bonds. The molecule has 0 saturated carbocycles. The highest BCUT2D eigenvalue weighted by molar-refractivity contribution is 5.80. The largest absolute Gasteiger partial charge is 0.397 e. The van der Waals surface area contributed by atoms with E-state index in [1.165, 1.54) is 0 Å². The lowest BCUT2D eigenvalue weighted by Gasteiger charge is -2.43. The highest BCUT2D eigenvalue weighted by Crippen LogP contribution is 2.35. The molecule has 1 unspecified atom stereocenters. The van der Waals surface area contributed by atoms with E-state index in [0.29, 0.717) is 24.4 Å². The first kappa shape index (κ1) is 21.3. The van der Waals surface area contributed by atoms with Gasteiger partial charge in [-0.15, -0.1) is 0 Å². The molecule has 0 aliphatic carbocycles. The highest BCUT2D eigenvalue weighted by atomic mass is 16.2. The maximum absolute atomic E-state index is 12.2. The summed E-state index contributed by atoms with van der Waals surface area (Å²) in [6.45, 7) is 11.8. The number of hydrogen-bond acceptors (Lipinski definition) is 5. The number of nitrogens with zero attached hydrogens (tertiary/aromatic N) is 2. The molecule has 0 bridgehead atoms. The Morgan fingerprint density at radius 3 is 2.50 bits per heavy atom. The third-order valence-corrected chi connectivity index (χ3v) is 4.80. The molecule has 144 valence electrons. The van der Waals surface area contributed by atoms with Crippen molar-refractivity contribution in [3.05, 3.63) is 48.1 Å². The minimum atomic E-state index is -0.565. The van der Waals surface area contributed by atoms with Crippen LogP contribution in [0, 0.1) is 0 Å². The van der Waals surface area contributed by atoms with Gasteiger partial charge in [-0.25, -0.2) is 0 Å². The monoisotopic (exact) mass is 361 g/mol. The van der Waals surface area contributed by atoms with Crippen LogP contribution in [0.5, 0.6) is 0 Å². The lowest BCUT2D eigenvalue weighted by Crippen LogP contribution is -2.53. The molecule has 0 fully saturated rings. The molecular weight excluding hydrogens is 330 g/mol. The van der Waals surface area contributed by atoms with Gasteiger partial charge in [-0.1, -0.05) is 13.2 Å². The number of amides is 2. The summed E-state index contributed by atoms with van der Waals surface area (Å²) in [4.78, 5) is 27.3. The number of allylic oxidation sites excluding steroid dienone is 1. The Bertz CT molecular complexity index is 665. The van der Waals surface area contributed by atoms with E-state index in [2.05, 4.69) is 23.8 Å². The predicted molar refractivity (Wildman–Crippen MR) is 104 cm³/mol. The molecule has 1 rings (SSSR count). The average Bonchev–Trinajstić information content (AvgIpc) is 2.79. The molecule has 0 aromatic carbocycles. The average molecular weight is 361 g/mol. The van der Waals surface area contributed by atoms with E-state index < -0.39 is 5.66 Å². The zero-order valence-electron chi connectivity index (χ0n) is 16.5. The summed E-state index contributed by atoms with van der Waals surface area (Å²) in [5, 5.41) is 5.44. The maximum Gasteiger partial charge on any atom is 0.225 e. The van der Waals surface area contributed by atoms with Crippen LogP contribution in [0.15, 0.2) is 48.1 Å². The number of nitrogens with two attached hydrogens (primary N) is 1. The topological polar surface area (TPSA) is 90.7 Å². The fourth-order valence-electron chi connectivity index (χ4n) is 2.62. The molecule has 7 heteroatoms. The minimum Gasteiger partial charge on any atom is -0.397 e. The van der Waals surface area contributed by atoms with E-state index >= 15 is 0 Å². The number of nitrogens with one attached hydrogen (secondary N) is 2. The van der Waals surface area contributed by atoms with Crippen molar-refractivity contribution >= 4 is 11.8 Å². The van der Waals surface area contributed by atoms with Gasteiger partial charge >= 0.3 is 0 Å². The zero-order chi connectivity index (χ0) is 20.1. The molecule has 1 aliphatic rings. The number of hydrogen-bond donors (Lipinski definition) is 3. The standard InChI is InChI=1S/C19H31N5O2/c1-13(2)15(20)12-23(6)19(4)14(3)11-16(24(19)7)22-18(26)10-8-9-17(25)21-5/h11-12H,1,3,8-10,20H2,2,4-7H3,(H,21,25)(H,22,26)/b15-12+. The van der Waals surface area contributed by atoms with Gasteiger partial charge in [0.1, 0.15) is 11.5 Å². The third-order valence-electron chi connectivity index (χ3n) is 4.80. The normalized spacial score (nSPS) is 19.9. The van der Waals surface area contributed by atoms with Crippen LogP contribution in [0.4, 0.5) is 0 Å². The van der Waals surface area contributed by atoms with Crippen LogP contribution in [0.1, 0.15) is 33.1 Å². The van der Waals surface area contributed by atoms with Gasteiger partial charge in [-0.3, -0.25) is 9.59 Å². The summed E-state index contributed by atoms with van der Waals surface area (Å²) >= 11 is 0. The fraction of sp³-hybridized carbons (Fsp3) is 0.474. The van der Waals surface area contributed by atoms with Crippen LogP contribution < -0.4 is 16.4 Å². The number of carbonyl (C=O) groups is 2. The summed E-state index contributed by atoms with van der Waals surface area (Å²) in [5.41, 5.74) is 7.62. The van der Waals surface area contributed by atoms with E-state index in [1.807, 2.05) is 50.0 Å². The van der Waals surface area contributed by atoms with Crippen LogP contribution >= 0.6 is 0 Å². The summed E-state index contributed by atoms with van der Waals surface area (Å²) in [5.74, 6) is 0.458. The molecule has 4 N–H and O–H groups in total. The van der Waals surface area contributed by atoms with Crippen molar-refractivity contribution in [1.82, 2.24) is 20.4 Å². The molecule has 7 nitrogen and oxygen atoms in total. The molecule has 0 saturated heterocycles. The summed E-state index contributed by atoms with van der Waals surface area (Å²) in [6, 6.07) is 0. The van der Waals surface area contributed by atoms with E-state index in [9.17, 15) is 9.59 Å². The van der Waals surface area contributed by atoms with Gasteiger partial charge in [0.15, 0.2) is 0 Å². The van der Waals surface area contributed by atoms with Gasteiger partial charge in [-0.2, -0.15) is 0 Å². The van der Waals surface area contributed by atoms with Crippen molar-refractivity contribution in [3.8, 4) is 0 Å². The molecule has 1 atom stereocenters. The second-order valence-electron chi connectivity index (χ2n) is 6.69. The zero-order valence-corrected chi connectivity index (χ0v) is 16.5. The van der Waals surface area contributed by atoms with Crippen LogP contribution in [0.2, 0.25) is 0 Å². The van der Waals surface area contributed by atoms with Crippen molar-refractivity contribution < 1.29 is 9.59 Å². The van der Waals surface area contributed by atoms with Crippen LogP contribution in [0.25, 0.3) is 0 Å². The quantitative estimate of drug-likeness (QED) is 0.568. The molecule has 1 aliphatic heterocycles. The van der Waals surface area contributed by atoms with E-state index in [0.717, 1.165) is 11.1 Å². The van der Waals surface area contributed by atoms with Gasteiger partial charge in [0.05, 0.1) is 0 Å². The molecule has 0 radical (unpaired) electrons. The first-order chi connectivity index (χ1) is 12.0. The second kappa shape index (κ2) is 8.60. The fourth-order valence-corrected chi connectivity index (χ4v) is 2.62. The van der Waals surface area contributed by atoms with Crippen molar-refractivity contribution in [1.29, 1.82) is 0 Å². The van der Waals surface area contributed by atoms with Crippen molar-refractivity contribution in [3.63, 3.8) is 0 Å². The molecule has 1 heterocycles. The lowest BCUT2D eigenvalue weighted by molar-refractivity contribution is -0.122. The Morgan fingerprint density at radius 2 is 1.96 bits per heavy atom. The molecule has 0 aromatic rings. The van der Waals surface area contributed by atoms with E-state index in [1.54, 1.807) is 7.05 Å². The van der Waals surface area contributed by atoms with Crippen LogP contribution in [-0.2, 0) is 9.59 Å². The first-order valence-corrected chi connectivity index (χ1v) is 8.55. The minimum absolute atomic E-state index is 0.0699. The maximum atomic E-state index is 12.2. The van der Waals surface area contributed by atoms with Crippen LogP contribution in [-0.4, -0.2) is 48.4 Å². The smallest absolute Gasteiger partial charge is 0.225 e.